The molecule has 0 saturated heterocycles. The van der Waals surface area contributed by atoms with Crippen molar-refractivity contribution in [3.63, 3.8) is 0 Å². The third-order valence-corrected chi connectivity index (χ3v) is 6.68. The number of sulfonamides is 1. The number of rotatable bonds is 8. The molecule has 0 spiro atoms. The van der Waals surface area contributed by atoms with E-state index in [1.807, 2.05) is 0 Å². The van der Waals surface area contributed by atoms with Crippen LogP contribution >= 0.6 is 11.3 Å². The highest BCUT2D eigenvalue weighted by Crippen LogP contribution is 2.16. The topological polar surface area (TPSA) is 125 Å². The molecule has 1 aromatic heterocycles. The van der Waals surface area contributed by atoms with E-state index in [-0.39, 0.29) is 17.0 Å². The number of nitrogens with one attached hydrogen (secondary N) is 3. The molecular formula is C18H22N4O5S2. The fourth-order valence-electron chi connectivity index (χ4n) is 2.41. The zero-order valence-electron chi connectivity index (χ0n) is 16.0. The molecule has 0 unspecified atom stereocenters. The Balaban J connectivity index is 1.94. The summed E-state index contributed by atoms with van der Waals surface area (Å²) >= 11 is 1.36. The zero-order chi connectivity index (χ0) is 21.4. The lowest BCUT2D eigenvalue weighted by atomic mass is 10.2. The van der Waals surface area contributed by atoms with E-state index in [0.717, 1.165) is 0 Å². The summed E-state index contributed by atoms with van der Waals surface area (Å²) in [5, 5.41) is 5.81. The second-order valence-electron chi connectivity index (χ2n) is 5.81. The van der Waals surface area contributed by atoms with Crippen molar-refractivity contribution in [3.05, 3.63) is 52.2 Å². The molecule has 11 heteroatoms. The SMILES string of the molecule is CCN(CC)S(=O)(=O)c1cccc(C(=O)NNC(=O)CNC(=O)c2ccsc2)c1. The van der Waals surface area contributed by atoms with Gasteiger partial charge in [-0.25, -0.2) is 8.42 Å². The first kappa shape index (κ1) is 22.5. The number of carbonyl (C=O) groups is 3. The fourth-order valence-corrected chi connectivity index (χ4v) is 4.55. The highest BCUT2D eigenvalue weighted by Gasteiger charge is 2.22. The van der Waals surface area contributed by atoms with E-state index in [0.29, 0.717) is 18.7 Å². The van der Waals surface area contributed by atoms with E-state index in [4.69, 9.17) is 0 Å². The molecule has 2 aromatic rings. The van der Waals surface area contributed by atoms with E-state index in [1.165, 1.54) is 39.9 Å². The van der Waals surface area contributed by atoms with Gasteiger partial charge in [0.15, 0.2) is 0 Å². The Kier molecular flexibility index (Phi) is 7.88. The lowest BCUT2D eigenvalue weighted by Gasteiger charge is -2.18. The minimum Gasteiger partial charge on any atom is -0.343 e. The van der Waals surface area contributed by atoms with Crippen molar-refractivity contribution in [2.45, 2.75) is 18.7 Å². The summed E-state index contributed by atoms with van der Waals surface area (Å²) in [6.45, 7) is 3.74. The van der Waals surface area contributed by atoms with E-state index >= 15 is 0 Å². The molecule has 0 radical (unpaired) electrons. The van der Waals surface area contributed by atoms with E-state index in [1.54, 1.807) is 30.7 Å². The number of hydrazine groups is 1. The molecule has 156 valence electrons. The van der Waals surface area contributed by atoms with Crippen LogP contribution in [0.3, 0.4) is 0 Å². The Morgan fingerprint density at radius 3 is 2.34 bits per heavy atom. The molecule has 0 bridgehead atoms. The number of hydrogen-bond acceptors (Lipinski definition) is 6. The lowest BCUT2D eigenvalue weighted by molar-refractivity contribution is -0.120. The molecule has 0 aliphatic carbocycles. The minimum absolute atomic E-state index is 0.0109. The normalized spacial score (nSPS) is 11.1. The van der Waals surface area contributed by atoms with Gasteiger partial charge in [-0.1, -0.05) is 19.9 Å². The van der Waals surface area contributed by atoms with Crippen LogP contribution in [0.5, 0.6) is 0 Å². The van der Waals surface area contributed by atoms with Crippen LogP contribution < -0.4 is 16.2 Å². The predicted octanol–water partition coefficient (Wildman–Crippen LogP) is 0.970. The van der Waals surface area contributed by atoms with Crippen LogP contribution in [0.2, 0.25) is 0 Å². The molecule has 0 saturated carbocycles. The Bertz CT molecular complexity index is 970. The average molecular weight is 439 g/mol. The largest absolute Gasteiger partial charge is 0.343 e. The van der Waals surface area contributed by atoms with Gasteiger partial charge < -0.3 is 5.32 Å². The van der Waals surface area contributed by atoms with Crippen LogP contribution in [0.15, 0.2) is 46.0 Å². The van der Waals surface area contributed by atoms with Crippen LogP contribution in [0.4, 0.5) is 0 Å². The summed E-state index contributed by atoms with van der Waals surface area (Å²) in [5.74, 6) is -1.71. The Morgan fingerprint density at radius 2 is 1.72 bits per heavy atom. The third-order valence-electron chi connectivity index (χ3n) is 3.95. The van der Waals surface area contributed by atoms with Crippen molar-refractivity contribution in [3.8, 4) is 0 Å². The minimum atomic E-state index is -3.71. The van der Waals surface area contributed by atoms with Crippen LogP contribution in [0.25, 0.3) is 0 Å². The molecule has 2 rings (SSSR count). The smallest absolute Gasteiger partial charge is 0.269 e. The number of amides is 3. The molecule has 1 aromatic carbocycles. The number of thiophene rings is 1. The molecule has 3 N–H and O–H groups in total. The van der Waals surface area contributed by atoms with Gasteiger partial charge in [0.2, 0.25) is 10.0 Å². The van der Waals surface area contributed by atoms with Gasteiger partial charge >= 0.3 is 0 Å². The summed E-state index contributed by atoms with van der Waals surface area (Å²) in [5.41, 5.74) is 4.88. The van der Waals surface area contributed by atoms with Gasteiger partial charge in [-0.2, -0.15) is 15.6 Å². The van der Waals surface area contributed by atoms with Crippen molar-refractivity contribution < 1.29 is 22.8 Å². The first-order valence-corrected chi connectivity index (χ1v) is 11.2. The summed E-state index contributed by atoms with van der Waals surface area (Å²) in [6.07, 6.45) is 0. The Morgan fingerprint density at radius 1 is 1.00 bits per heavy atom. The lowest BCUT2D eigenvalue weighted by Crippen LogP contribution is -2.46. The summed E-state index contributed by atoms with van der Waals surface area (Å²) < 4.78 is 26.4. The third kappa shape index (κ3) is 5.86. The van der Waals surface area contributed by atoms with Crippen LogP contribution in [0, 0.1) is 0 Å². The molecule has 0 aliphatic heterocycles. The standard InChI is InChI=1S/C18H22N4O5S2/c1-3-22(4-2)29(26,27)15-7-5-6-13(10-15)18(25)21-20-16(23)11-19-17(24)14-8-9-28-12-14/h5-10,12H,3-4,11H2,1-2H3,(H,19,24)(H,20,23)(H,21,25). The monoisotopic (exact) mass is 438 g/mol. The van der Waals surface area contributed by atoms with Gasteiger partial charge in [0, 0.05) is 29.6 Å². The van der Waals surface area contributed by atoms with Crippen molar-refractivity contribution in [1.82, 2.24) is 20.5 Å². The van der Waals surface area contributed by atoms with Crippen LogP contribution in [-0.4, -0.2) is 50.1 Å². The van der Waals surface area contributed by atoms with Gasteiger partial charge in [0.25, 0.3) is 17.7 Å². The summed E-state index contributed by atoms with van der Waals surface area (Å²) in [6, 6.07) is 7.16. The van der Waals surface area contributed by atoms with Gasteiger partial charge in [0.05, 0.1) is 11.4 Å². The molecule has 1 heterocycles. The number of hydrogen-bond donors (Lipinski definition) is 3. The predicted molar refractivity (Wildman–Crippen MR) is 109 cm³/mol. The summed E-state index contributed by atoms with van der Waals surface area (Å²) in [7, 11) is -3.71. The highest BCUT2D eigenvalue weighted by molar-refractivity contribution is 7.89. The number of carbonyl (C=O) groups excluding carboxylic acids is 3. The zero-order valence-corrected chi connectivity index (χ0v) is 17.6. The van der Waals surface area contributed by atoms with Crippen molar-refractivity contribution in [2.75, 3.05) is 19.6 Å². The molecular weight excluding hydrogens is 416 g/mol. The van der Waals surface area contributed by atoms with Crippen molar-refractivity contribution in [2.24, 2.45) is 0 Å². The second-order valence-corrected chi connectivity index (χ2v) is 8.53. The van der Waals surface area contributed by atoms with Gasteiger partial charge in [-0.3, -0.25) is 25.2 Å². The number of nitrogens with zero attached hydrogens (tertiary/aromatic N) is 1. The quantitative estimate of drug-likeness (QED) is 0.530. The van der Waals surface area contributed by atoms with Crippen molar-refractivity contribution in [1.29, 1.82) is 0 Å². The van der Waals surface area contributed by atoms with Crippen LogP contribution in [0.1, 0.15) is 34.6 Å². The molecule has 0 atom stereocenters. The Hall–Kier alpha value is -2.76. The number of benzene rings is 1. The first-order valence-electron chi connectivity index (χ1n) is 8.79. The molecule has 0 aliphatic rings. The van der Waals surface area contributed by atoms with Crippen molar-refractivity contribution >= 4 is 39.1 Å². The van der Waals surface area contributed by atoms with E-state index in [9.17, 15) is 22.8 Å². The summed E-state index contributed by atoms with van der Waals surface area (Å²) in [4.78, 5) is 35.8. The van der Waals surface area contributed by atoms with Gasteiger partial charge in [0.1, 0.15) is 0 Å². The van der Waals surface area contributed by atoms with Gasteiger partial charge in [-0.15, -0.1) is 0 Å². The molecule has 3 amide bonds. The highest BCUT2D eigenvalue weighted by atomic mass is 32.2. The maximum Gasteiger partial charge on any atom is 0.269 e. The fraction of sp³-hybridized carbons (Fsp3) is 0.278. The second kappa shape index (κ2) is 10.1. The van der Waals surface area contributed by atoms with Gasteiger partial charge in [-0.05, 0) is 29.6 Å². The Labute approximate surface area is 173 Å². The van der Waals surface area contributed by atoms with Crippen LogP contribution in [-0.2, 0) is 14.8 Å². The van der Waals surface area contributed by atoms with E-state index < -0.39 is 27.7 Å². The first-order chi connectivity index (χ1) is 13.8. The molecule has 9 nitrogen and oxygen atoms in total. The average Bonchev–Trinajstić information content (AvgIpc) is 3.26. The maximum atomic E-state index is 12.6. The molecule has 29 heavy (non-hydrogen) atoms. The maximum absolute atomic E-state index is 12.6. The molecule has 0 fully saturated rings. The van der Waals surface area contributed by atoms with E-state index in [2.05, 4.69) is 16.2 Å².